The lowest BCUT2D eigenvalue weighted by atomic mass is 10.2. The first kappa shape index (κ1) is 12.8. The Balaban J connectivity index is 1.92. The van der Waals surface area contributed by atoms with Crippen molar-refractivity contribution in [3.05, 3.63) is 29.6 Å². The lowest BCUT2D eigenvalue weighted by molar-refractivity contribution is 0.151. The molecule has 98 valence electrons. The predicted molar refractivity (Wildman–Crippen MR) is 69.0 cm³/mol. The van der Waals surface area contributed by atoms with Crippen LogP contribution in [0.25, 0.3) is 0 Å². The summed E-state index contributed by atoms with van der Waals surface area (Å²) in [5, 5.41) is 13.8. The minimum atomic E-state index is 0.0369. The Labute approximate surface area is 106 Å². The molecule has 4 N–H and O–H groups in total. The van der Waals surface area contributed by atoms with Crippen molar-refractivity contribution in [2.75, 3.05) is 13.1 Å². The second-order valence-corrected chi connectivity index (χ2v) is 4.42. The summed E-state index contributed by atoms with van der Waals surface area (Å²) in [6.45, 7) is 2.92. The van der Waals surface area contributed by atoms with Gasteiger partial charge in [-0.2, -0.15) is 0 Å². The maximum absolute atomic E-state index is 8.61. The third kappa shape index (κ3) is 3.41. The molecule has 2 rings (SSSR count). The molecule has 1 aliphatic heterocycles. The zero-order chi connectivity index (χ0) is 12.8. The zero-order valence-corrected chi connectivity index (χ0v) is 10.3. The topological polar surface area (TPSA) is 86.8 Å². The summed E-state index contributed by atoms with van der Waals surface area (Å²) in [5.41, 5.74) is 10.5. The normalized spacial score (nSPS) is 17.9. The van der Waals surface area contributed by atoms with Crippen LogP contribution in [-0.2, 0) is 6.54 Å². The molecule has 1 aromatic heterocycles. The Morgan fingerprint density at radius 2 is 2.22 bits per heavy atom. The number of rotatable bonds is 4. The van der Waals surface area contributed by atoms with E-state index in [0.717, 1.165) is 25.2 Å². The Bertz CT molecular complexity index is 415. The number of nitrogens with one attached hydrogen (secondary N) is 1. The van der Waals surface area contributed by atoms with Gasteiger partial charge < -0.3 is 10.9 Å². The standard InChI is InChI=1S/C12H19N5O/c13-12(16-18)11-8-10(4-5-14-11)9-15-17-6-2-1-3-7-17/h4-5,8,15,18H,1-3,6-7,9H2,(H2,13,16). The van der Waals surface area contributed by atoms with Gasteiger partial charge in [0.15, 0.2) is 5.84 Å². The third-order valence-corrected chi connectivity index (χ3v) is 3.06. The average Bonchev–Trinajstić information content (AvgIpc) is 2.45. The van der Waals surface area contributed by atoms with E-state index in [1.807, 2.05) is 12.1 Å². The predicted octanol–water partition coefficient (Wildman–Crippen LogP) is 0.667. The molecule has 1 aliphatic rings. The summed E-state index contributed by atoms with van der Waals surface area (Å²) in [7, 11) is 0. The number of hydrogen-bond acceptors (Lipinski definition) is 5. The number of nitrogens with two attached hydrogens (primary N) is 1. The summed E-state index contributed by atoms with van der Waals surface area (Å²) in [5.74, 6) is 0.0369. The summed E-state index contributed by atoms with van der Waals surface area (Å²) in [4.78, 5) is 4.05. The van der Waals surface area contributed by atoms with Crippen molar-refractivity contribution >= 4 is 5.84 Å². The molecule has 0 bridgehead atoms. The van der Waals surface area contributed by atoms with Gasteiger partial charge in [0.2, 0.25) is 0 Å². The van der Waals surface area contributed by atoms with Crippen LogP contribution in [-0.4, -0.2) is 34.1 Å². The van der Waals surface area contributed by atoms with Crippen LogP contribution in [0, 0.1) is 0 Å². The molecule has 0 atom stereocenters. The molecule has 0 aromatic carbocycles. The van der Waals surface area contributed by atoms with Crippen molar-refractivity contribution in [3.8, 4) is 0 Å². The Kier molecular flexibility index (Phi) is 4.49. The Morgan fingerprint density at radius 3 is 2.94 bits per heavy atom. The summed E-state index contributed by atoms with van der Waals surface area (Å²) in [6.07, 6.45) is 5.49. The highest BCUT2D eigenvalue weighted by molar-refractivity contribution is 5.95. The fourth-order valence-corrected chi connectivity index (χ4v) is 2.03. The van der Waals surface area contributed by atoms with Gasteiger partial charge in [-0.1, -0.05) is 11.6 Å². The molecular formula is C12H19N5O. The Hall–Kier alpha value is -1.66. The molecule has 0 amide bonds. The minimum Gasteiger partial charge on any atom is -0.409 e. The van der Waals surface area contributed by atoms with Gasteiger partial charge in [0, 0.05) is 25.8 Å². The first-order valence-corrected chi connectivity index (χ1v) is 6.21. The van der Waals surface area contributed by atoms with E-state index in [1.165, 1.54) is 19.3 Å². The molecule has 6 nitrogen and oxygen atoms in total. The quantitative estimate of drug-likeness (QED) is 0.316. The smallest absolute Gasteiger partial charge is 0.188 e. The first-order valence-electron chi connectivity index (χ1n) is 6.21. The van der Waals surface area contributed by atoms with Gasteiger partial charge >= 0.3 is 0 Å². The van der Waals surface area contributed by atoms with Gasteiger partial charge in [-0.05, 0) is 30.5 Å². The van der Waals surface area contributed by atoms with Crippen LogP contribution in [0.2, 0.25) is 0 Å². The summed E-state index contributed by atoms with van der Waals surface area (Å²) in [6, 6.07) is 3.75. The van der Waals surface area contributed by atoms with Gasteiger partial charge in [-0.3, -0.25) is 10.4 Å². The van der Waals surface area contributed by atoms with Crippen LogP contribution in [0.1, 0.15) is 30.5 Å². The number of hydrogen-bond donors (Lipinski definition) is 3. The lowest BCUT2D eigenvalue weighted by Gasteiger charge is -2.27. The molecule has 0 unspecified atom stereocenters. The molecule has 1 fully saturated rings. The van der Waals surface area contributed by atoms with E-state index in [0.29, 0.717) is 5.69 Å². The highest BCUT2D eigenvalue weighted by atomic mass is 16.4. The van der Waals surface area contributed by atoms with Crippen molar-refractivity contribution < 1.29 is 5.21 Å². The van der Waals surface area contributed by atoms with Gasteiger partial charge in [0.1, 0.15) is 5.69 Å². The lowest BCUT2D eigenvalue weighted by Crippen LogP contribution is -2.41. The Morgan fingerprint density at radius 1 is 1.44 bits per heavy atom. The number of aromatic nitrogens is 1. The third-order valence-electron chi connectivity index (χ3n) is 3.06. The van der Waals surface area contributed by atoms with Crippen molar-refractivity contribution in [2.24, 2.45) is 10.9 Å². The highest BCUT2D eigenvalue weighted by Gasteiger charge is 2.09. The van der Waals surface area contributed by atoms with Crippen molar-refractivity contribution in [2.45, 2.75) is 25.8 Å². The van der Waals surface area contributed by atoms with Crippen molar-refractivity contribution in [3.63, 3.8) is 0 Å². The molecule has 6 heteroatoms. The van der Waals surface area contributed by atoms with Crippen LogP contribution in [0.15, 0.2) is 23.5 Å². The fourth-order valence-electron chi connectivity index (χ4n) is 2.03. The van der Waals surface area contributed by atoms with Crippen LogP contribution in [0.3, 0.4) is 0 Å². The molecule has 1 aromatic rings. The first-order chi connectivity index (χ1) is 8.79. The minimum absolute atomic E-state index is 0.0369. The molecule has 18 heavy (non-hydrogen) atoms. The second-order valence-electron chi connectivity index (χ2n) is 4.42. The van der Waals surface area contributed by atoms with Crippen molar-refractivity contribution in [1.29, 1.82) is 0 Å². The van der Waals surface area contributed by atoms with Crippen LogP contribution in [0.4, 0.5) is 0 Å². The maximum Gasteiger partial charge on any atom is 0.188 e. The van der Waals surface area contributed by atoms with Crippen LogP contribution < -0.4 is 11.2 Å². The van der Waals surface area contributed by atoms with E-state index in [1.54, 1.807) is 6.20 Å². The fraction of sp³-hybridized carbons (Fsp3) is 0.500. The average molecular weight is 249 g/mol. The van der Waals surface area contributed by atoms with Gasteiger partial charge in [0.25, 0.3) is 0 Å². The van der Waals surface area contributed by atoms with E-state index in [9.17, 15) is 0 Å². The molecule has 1 saturated heterocycles. The van der Waals surface area contributed by atoms with E-state index in [-0.39, 0.29) is 5.84 Å². The van der Waals surface area contributed by atoms with Gasteiger partial charge in [-0.25, -0.2) is 5.01 Å². The molecule has 0 radical (unpaired) electrons. The second kappa shape index (κ2) is 6.32. The summed E-state index contributed by atoms with van der Waals surface area (Å²) >= 11 is 0. The van der Waals surface area contributed by atoms with Gasteiger partial charge in [0.05, 0.1) is 0 Å². The van der Waals surface area contributed by atoms with Gasteiger partial charge in [-0.15, -0.1) is 0 Å². The zero-order valence-electron chi connectivity index (χ0n) is 10.3. The van der Waals surface area contributed by atoms with E-state index >= 15 is 0 Å². The largest absolute Gasteiger partial charge is 0.409 e. The monoisotopic (exact) mass is 249 g/mol. The van der Waals surface area contributed by atoms with Crippen molar-refractivity contribution in [1.82, 2.24) is 15.4 Å². The molecule has 0 aliphatic carbocycles. The number of oxime groups is 1. The number of hydrazine groups is 1. The maximum atomic E-state index is 8.61. The SMILES string of the molecule is N/C(=N/O)c1cc(CNN2CCCCC2)ccn1. The number of piperidine rings is 1. The number of pyridine rings is 1. The van der Waals surface area contributed by atoms with E-state index in [2.05, 4.69) is 20.6 Å². The summed E-state index contributed by atoms with van der Waals surface area (Å²) < 4.78 is 0. The van der Waals surface area contributed by atoms with E-state index < -0.39 is 0 Å². The molecule has 2 heterocycles. The molecule has 0 spiro atoms. The highest BCUT2D eigenvalue weighted by Crippen LogP contribution is 2.07. The molecule has 0 saturated carbocycles. The van der Waals surface area contributed by atoms with Crippen LogP contribution >= 0.6 is 0 Å². The van der Waals surface area contributed by atoms with E-state index in [4.69, 9.17) is 10.9 Å². The number of nitrogens with zero attached hydrogens (tertiary/aromatic N) is 3. The molecular weight excluding hydrogens is 230 g/mol. The van der Waals surface area contributed by atoms with Crippen LogP contribution in [0.5, 0.6) is 0 Å². The number of amidine groups is 1.